The quantitative estimate of drug-likeness (QED) is 0.767. The third-order valence-corrected chi connectivity index (χ3v) is 5.07. The molecule has 88 valence electrons. The molecule has 2 nitrogen and oxygen atoms in total. The van der Waals surface area contributed by atoms with Gasteiger partial charge in [-0.2, -0.15) is 0 Å². The Hall–Kier alpha value is -0.320. The van der Waals surface area contributed by atoms with Crippen LogP contribution in [-0.4, -0.2) is 15.6 Å². The SMILES string of the molecule is CCC(C)C(SC(=O)c1cccs1)C(=O)Cl. The first-order valence-corrected chi connectivity index (χ1v) is 7.13. The van der Waals surface area contributed by atoms with Crippen LogP contribution in [0.2, 0.25) is 0 Å². The maximum atomic E-state index is 11.8. The van der Waals surface area contributed by atoms with E-state index in [0.717, 1.165) is 18.2 Å². The summed E-state index contributed by atoms with van der Waals surface area (Å²) >= 11 is 7.93. The number of hydrogen-bond acceptors (Lipinski definition) is 4. The number of carbonyl (C=O) groups excluding carboxylic acids is 2. The summed E-state index contributed by atoms with van der Waals surface area (Å²) < 4.78 is 0. The minimum Gasteiger partial charge on any atom is -0.281 e. The Labute approximate surface area is 108 Å². The molecule has 0 spiro atoms. The van der Waals surface area contributed by atoms with Gasteiger partial charge in [0, 0.05) is 0 Å². The molecule has 2 unspecified atom stereocenters. The van der Waals surface area contributed by atoms with Crippen LogP contribution in [0.1, 0.15) is 29.9 Å². The highest BCUT2D eigenvalue weighted by Crippen LogP contribution is 2.28. The summed E-state index contributed by atoms with van der Waals surface area (Å²) in [6.07, 6.45) is 0.827. The van der Waals surface area contributed by atoms with Crippen molar-refractivity contribution in [3.63, 3.8) is 0 Å². The molecule has 1 rings (SSSR count). The molecule has 0 amide bonds. The second-order valence-corrected chi connectivity index (χ2v) is 5.93. The normalized spacial score (nSPS) is 14.4. The Kier molecular flexibility index (Phi) is 5.52. The zero-order valence-corrected chi connectivity index (χ0v) is 11.5. The smallest absolute Gasteiger partial charge is 0.235 e. The number of carbonyl (C=O) groups is 2. The van der Waals surface area contributed by atoms with E-state index >= 15 is 0 Å². The van der Waals surface area contributed by atoms with Crippen molar-refractivity contribution >= 4 is 45.1 Å². The van der Waals surface area contributed by atoms with Crippen molar-refractivity contribution in [3.8, 4) is 0 Å². The summed E-state index contributed by atoms with van der Waals surface area (Å²) in [5, 5.41) is 0.883. The van der Waals surface area contributed by atoms with Crippen molar-refractivity contribution in [3.05, 3.63) is 22.4 Å². The number of hydrogen-bond donors (Lipinski definition) is 0. The van der Waals surface area contributed by atoms with Gasteiger partial charge in [0.1, 0.15) is 0 Å². The summed E-state index contributed by atoms with van der Waals surface area (Å²) in [5.74, 6) is 0.110. The molecule has 0 saturated carbocycles. The molecule has 0 fully saturated rings. The average molecular weight is 277 g/mol. The summed E-state index contributed by atoms with van der Waals surface area (Å²) in [5.41, 5.74) is 0. The van der Waals surface area contributed by atoms with E-state index in [1.165, 1.54) is 11.3 Å². The van der Waals surface area contributed by atoms with Crippen LogP contribution >= 0.6 is 34.7 Å². The molecule has 1 aromatic heterocycles. The van der Waals surface area contributed by atoms with Crippen LogP contribution in [0.25, 0.3) is 0 Å². The van der Waals surface area contributed by atoms with Crippen LogP contribution in [0.4, 0.5) is 0 Å². The lowest BCUT2D eigenvalue weighted by molar-refractivity contribution is -0.111. The van der Waals surface area contributed by atoms with Crippen molar-refractivity contribution in [1.29, 1.82) is 0 Å². The first-order chi connectivity index (χ1) is 7.56. The van der Waals surface area contributed by atoms with E-state index in [9.17, 15) is 9.59 Å². The predicted octanol–water partition coefficient (Wildman–Crippen LogP) is 3.80. The molecule has 0 aliphatic heterocycles. The molecule has 0 aromatic carbocycles. The average Bonchev–Trinajstić information content (AvgIpc) is 2.77. The highest BCUT2D eigenvalue weighted by Gasteiger charge is 2.26. The van der Waals surface area contributed by atoms with Crippen LogP contribution < -0.4 is 0 Å². The van der Waals surface area contributed by atoms with Crippen molar-refractivity contribution in [2.75, 3.05) is 0 Å². The molecule has 5 heteroatoms. The van der Waals surface area contributed by atoms with Gasteiger partial charge >= 0.3 is 0 Å². The second kappa shape index (κ2) is 6.42. The molecular formula is C11H13ClO2S2. The van der Waals surface area contributed by atoms with Gasteiger partial charge in [0.15, 0.2) is 0 Å². The van der Waals surface area contributed by atoms with Crippen molar-refractivity contribution < 1.29 is 9.59 Å². The second-order valence-electron chi connectivity index (χ2n) is 3.49. The topological polar surface area (TPSA) is 34.1 Å². The maximum absolute atomic E-state index is 11.8. The maximum Gasteiger partial charge on any atom is 0.235 e. The molecule has 0 aliphatic carbocycles. The van der Waals surface area contributed by atoms with Crippen LogP contribution in [0.3, 0.4) is 0 Å². The zero-order valence-electron chi connectivity index (χ0n) is 9.10. The zero-order chi connectivity index (χ0) is 12.1. The van der Waals surface area contributed by atoms with Crippen molar-refractivity contribution in [1.82, 2.24) is 0 Å². The summed E-state index contributed by atoms with van der Waals surface area (Å²) in [7, 11) is 0. The van der Waals surface area contributed by atoms with Gasteiger partial charge in [-0.05, 0) is 29.0 Å². The lowest BCUT2D eigenvalue weighted by atomic mass is 10.1. The largest absolute Gasteiger partial charge is 0.281 e. The van der Waals surface area contributed by atoms with Crippen molar-refractivity contribution in [2.45, 2.75) is 25.5 Å². The fraction of sp³-hybridized carbons (Fsp3) is 0.455. The van der Waals surface area contributed by atoms with Gasteiger partial charge in [-0.25, -0.2) is 0 Å². The number of rotatable bonds is 5. The Morgan fingerprint density at radius 2 is 2.25 bits per heavy atom. The fourth-order valence-corrected chi connectivity index (χ4v) is 3.30. The highest BCUT2D eigenvalue weighted by atomic mass is 35.5. The van der Waals surface area contributed by atoms with Gasteiger partial charge in [0.2, 0.25) is 10.4 Å². The van der Waals surface area contributed by atoms with E-state index in [1.807, 2.05) is 25.3 Å². The van der Waals surface area contributed by atoms with Crippen LogP contribution in [0.15, 0.2) is 17.5 Å². The van der Waals surface area contributed by atoms with E-state index < -0.39 is 10.5 Å². The van der Waals surface area contributed by atoms with Crippen LogP contribution in [0.5, 0.6) is 0 Å². The fourth-order valence-electron chi connectivity index (χ4n) is 1.17. The van der Waals surface area contributed by atoms with Gasteiger partial charge in [0.05, 0.1) is 10.1 Å². The van der Waals surface area contributed by atoms with E-state index in [0.29, 0.717) is 4.88 Å². The minimum atomic E-state index is -0.443. The third-order valence-electron chi connectivity index (χ3n) is 2.34. The molecule has 16 heavy (non-hydrogen) atoms. The van der Waals surface area contributed by atoms with Gasteiger partial charge in [0.25, 0.3) is 0 Å². The van der Waals surface area contributed by atoms with Crippen LogP contribution in [-0.2, 0) is 4.79 Å². The molecule has 1 aromatic rings. The van der Waals surface area contributed by atoms with Gasteiger partial charge in [-0.1, -0.05) is 38.1 Å². The Bertz CT molecular complexity index is 362. The molecule has 1 heterocycles. The molecule has 2 atom stereocenters. The molecule has 0 radical (unpaired) electrons. The lowest BCUT2D eigenvalue weighted by Crippen LogP contribution is -2.22. The molecular weight excluding hydrogens is 264 g/mol. The van der Waals surface area contributed by atoms with E-state index in [1.54, 1.807) is 6.07 Å². The van der Waals surface area contributed by atoms with Gasteiger partial charge in [-0.15, -0.1) is 11.3 Å². The third kappa shape index (κ3) is 3.61. The van der Waals surface area contributed by atoms with Crippen molar-refractivity contribution in [2.24, 2.45) is 5.92 Å². The Balaban J connectivity index is 2.69. The molecule has 0 bridgehead atoms. The van der Waals surface area contributed by atoms with Gasteiger partial charge < -0.3 is 0 Å². The number of halogens is 1. The molecule has 0 aliphatic rings. The van der Waals surface area contributed by atoms with E-state index in [4.69, 9.17) is 11.6 Å². The Morgan fingerprint density at radius 3 is 2.69 bits per heavy atom. The molecule has 0 N–H and O–H groups in total. The Morgan fingerprint density at radius 1 is 1.56 bits per heavy atom. The summed E-state index contributed by atoms with van der Waals surface area (Å²) in [4.78, 5) is 23.7. The predicted molar refractivity (Wildman–Crippen MR) is 70.3 cm³/mol. The first-order valence-electron chi connectivity index (χ1n) is 5.00. The van der Waals surface area contributed by atoms with Crippen LogP contribution in [0, 0.1) is 5.92 Å². The number of thiophene rings is 1. The summed E-state index contributed by atoms with van der Waals surface area (Å²) in [6.45, 7) is 3.91. The van der Waals surface area contributed by atoms with E-state index in [2.05, 4.69) is 0 Å². The monoisotopic (exact) mass is 276 g/mol. The number of thioether (sulfide) groups is 1. The molecule has 0 saturated heterocycles. The highest BCUT2D eigenvalue weighted by molar-refractivity contribution is 8.15. The standard InChI is InChI=1S/C11H13ClO2S2/c1-3-7(2)9(10(12)13)16-11(14)8-5-4-6-15-8/h4-7,9H,3H2,1-2H3. The van der Waals surface area contributed by atoms with Gasteiger partial charge in [-0.3, -0.25) is 9.59 Å². The minimum absolute atomic E-state index is 0.0747. The first kappa shape index (κ1) is 13.7. The summed E-state index contributed by atoms with van der Waals surface area (Å²) in [6, 6.07) is 3.58. The van der Waals surface area contributed by atoms with E-state index in [-0.39, 0.29) is 11.0 Å². The lowest BCUT2D eigenvalue weighted by Gasteiger charge is -2.16.